The molecule has 2 heterocycles. The van der Waals surface area contributed by atoms with Gasteiger partial charge >= 0.3 is 0 Å². The molecule has 9 heteroatoms. The van der Waals surface area contributed by atoms with Crippen molar-refractivity contribution in [1.82, 2.24) is 4.98 Å². The lowest BCUT2D eigenvalue weighted by Gasteiger charge is -2.02. The van der Waals surface area contributed by atoms with Gasteiger partial charge in [0, 0.05) is 12.3 Å². The second-order valence-corrected chi connectivity index (χ2v) is 5.14. The summed E-state index contributed by atoms with van der Waals surface area (Å²) in [7, 11) is 0. The molecule has 0 fully saturated rings. The van der Waals surface area contributed by atoms with Gasteiger partial charge in [-0.05, 0) is 24.3 Å². The summed E-state index contributed by atoms with van der Waals surface area (Å²) in [5, 5.41) is 14.1. The first-order valence-electron chi connectivity index (χ1n) is 6.71. The number of nitro groups is 1. The quantitative estimate of drug-likeness (QED) is 0.518. The van der Waals surface area contributed by atoms with Crippen LogP contribution >= 0.6 is 11.6 Å². The van der Waals surface area contributed by atoms with Crippen molar-refractivity contribution in [2.45, 2.75) is 0 Å². The monoisotopic (exact) mass is 347 g/mol. The van der Waals surface area contributed by atoms with Crippen molar-refractivity contribution in [3.63, 3.8) is 0 Å². The summed E-state index contributed by atoms with van der Waals surface area (Å²) in [4.78, 5) is 26.4. The number of anilines is 1. The lowest BCUT2D eigenvalue weighted by Crippen LogP contribution is -2.08. The van der Waals surface area contributed by atoms with Gasteiger partial charge in [-0.3, -0.25) is 14.9 Å². The zero-order valence-corrected chi connectivity index (χ0v) is 12.8. The molecule has 0 saturated heterocycles. The van der Waals surface area contributed by atoms with Crippen LogP contribution in [0, 0.1) is 10.1 Å². The molecule has 24 heavy (non-hydrogen) atoms. The molecule has 3 rings (SSSR count). The average molecular weight is 348 g/mol. The number of carbonyl (C=O) groups is 1. The number of nitrogens with one attached hydrogen (secondary N) is 1. The van der Waals surface area contributed by atoms with Crippen LogP contribution in [0.5, 0.6) is 11.5 Å². The highest BCUT2D eigenvalue weighted by molar-refractivity contribution is 6.30. The number of hydrogen-bond donors (Lipinski definition) is 1. The second-order valence-electron chi connectivity index (χ2n) is 4.71. The normalized spacial score (nSPS) is 12.4. The number of fused-ring (bicyclic) bond motifs is 1. The average Bonchev–Trinajstić information content (AvgIpc) is 3.01. The van der Waals surface area contributed by atoms with Crippen molar-refractivity contribution < 1.29 is 19.2 Å². The number of rotatable bonds is 4. The minimum atomic E-state index is -0.555. The van der Waals surface area contributed by atoms with Crippen LogP contribution < -0.4 is 14.8 Å². The van der Waals surface area contributed by atoms with Gasteiger partial charge in [0.2, 0.25) is 12.7 Å². The fraction of sp³-hybridized carbons (Fsp3) is 0.0667. The molecule has 0 aliphatic carbocycles. The number of carbonyl (C=O) groups excluding carboxylic acids is 1. The molecule has 1 amide bonds. The zero-order valence-electron chi connectivity index (χ0n) is 12.1. The van der Waals surface area contributed by atoms with Gasteiger partial charge in [-0.15, -0.1) is 0 Å². The summed E-state index contributed by atoms with van der Waals surface area (Å²) in [6, 6.07) is 5.83. The first-order valence-corrected chi connectivity index (χ1v) is 7.09. The Kier molecular flexibility index (Phi) is 4.30. The third-order valence-electron chi connectivity index (χ3n) is 3.11. The van der Waals surface area contributed by atoms with Crippen LogP contribution in [0.15, 0.2) is 36.5 Å². The number of pyridine rings is 1. The molecular weight excluding hydrogens is 338 g/mol. The molecule has 0 radical (unpaired) electrons. The number of halogens is 1. The second kappa shape index (κ2) is 6.55. The molecule has 2 aromatic rings. The van der Waals surface area contributed by atoms with Crippen LogP contribution in [-0.2, 0) is 4.79 Å². The van der Waals surface area contributed by atoms with Gasteiger partial charge in [0.05, 0.1) is 21.6 Å². The maximum Gasteiger partial charge on any atom is 0.280 e. The minimum Gasteiger partial charge on any atom is -0.454 e. The standard InChI is InChI=1S/C15H10ClN3O5/c16-10-2-3-14(17-7-10)18-15(20)4-1-9-5-12-13(24-8-23-12)6-11(9)19(21)22/h1-7H,8H2,(H,17,18,20)/b4-1+. The molecule has 0 spiro atoms. The van der Waals surface area contributed by atoms with E-state index in [0.29, 0.717) is 22.3 Å². The molecule has 0 saturated carbocycles. The van der Waals surface area contributed by atoms with Crippen LogP contribution in [-0.4, -0.2) is 22.6 Å². The van der Waals surface area contributed by atoms with Gasteiger partial charge in [-0.2, -0.15) is 0 Å². The number of nitrogens with zero attached hydrogens (tertiary/aromatic N) is 2. The molecule has 0 bridgehead atoms. The van der Waals surface area contributed by atoms with E-state index in [0.717, 1.165) is 0 Å². The summed E-state index contributed by atoms with van der Waals surface area (Å²) >= 11 is 5.71. The summed E-state index contributed by atoms with van der Waals surface area (Å²) in [6.07, 6.45) is 3.88. The fourth-order valence-corrected chi connectivity index (χ4v) is 2.13. The number of hydrogen-bond acceptors (Lipinski definition) is 6. The summed E-state index contributed by atoms with van der Waals surface area (Å²) in [5.74, 6) is 0.514. The lowest BCUT2D eigenvalue weighted by molar-refractivity contribution is -0.385. The summed E-state index contributed by atoms with van der Waals surface area (Å²) in [5.41, 5.74) is 0.0383. The Bertz CT molecular complexity index is 836. The van der Waals surface area contributed by atoms with Crippen molar-refractivity contribution in [3.8, 4) is 11.5 Å². The molecule has 1 aliphatic heterocycles. The number of aromatic nitrogens is 1. The minimum absolute atomic E-state index is 0.00236. The first kappa shape index (κ1) is 15.8. The topological polar surface area (TPSA) is 104 Å². The summed E-state index contributed by atoms with van der Waals surface area (Å²) in [6.45, 7) is 0.00236. The van der Waals surface area contributed by atoms with E-state index in [4.69, 9.17) is 21.1 Å². The van der Waals surface area contributed by atoms with Crippen molar-refractivity contribution in [2.24, 2.45) is 0 Å². The van der Waals surface area contributed by atoms with Crippen LogP contribution in [0.3, 0.4) is 0 Å². The number of amides is 1. The van der Waals surface area contributed by atoms with Gasteiger partial charge in [0.25, 0.3) is 5.69 Å². The Morgan fingerprint density at radius 1 is 1.33 bits per heavy atom. The number of nitro benzene ring substituents is 1. The van der Waals surface area contributed by atoms with Gasteiger partial charge in [-0.25, -0.2) is 4.98 Å². The highest BCUT2D eigenvalue weighted by Crippen LogP contribution is 2.38. The molecule has 0 atom stereocenters. The van der Waals surface area contributed by atoms with E-state index >= 15 is 0 Å². The smallest absolute Gasteiger partial charge is 0.280 e. The third-order valence-corrected chi connectivity index (χ3v) is 3.34. The summed E-state index contributed by atoms with van der Waals surface area (Å²) < 4.78 is 10.3. The Balaban J connectivity index is 1.79. The molecule has 0 unspecified atom stereocenters. The van der Waals surface area contributed by atoms with E-state index in [2.05, 4.69) is 10.3 Å². The predicted molar refractivity (Wildman–Crippen MR) is 86.1 cm³/mol. The maximum atomic E-state index is 11.9. The first-order chi connectivity index (χ1) is 11.5. The van der Waals surface area contributed by atoms with Crippen LogP contribution in [0.25, 0.3) is 6.08 Å². The molecule has 1 aliphatic rings. The Morgan fingerprint density at radius 2 is 2.08 bits per heavy atom. The van der Waals surface area contributed by atoms with E-state index in [1.54, 1.807) is 6.07 Å². The lowest BCUT2D eigenvalue weighted by atomic mass is 10.1. The van der Waals surface area contributed by atoms with Crippen molar-refractivity contribution in [2.75, 3.05) is 12.1 Å². The molecule has 1 N–H and O–H groups in total. The third kappa shape index (κ3) is 3.44. The van der Waals surface area contributed by atoms with E-state index in [1.165, 1.54) is 36.5 Å². The van der Waals surface area contributed by atoms with Gasteiger partial charge < -0.3 is 14.8 Å². The van der Waals surface area contributed by atoms with Crippen molar-refractivity contribution in [3.05, 3.63) is 57.2 Å². The molecule has 122 valence electrons. The maximum absolute atomic E-state index is 11.9. The highest BCUT2D eigenvalue weighted by Gasteiger charge is 2.22. The SMILES string of the molecule is O=C(/C=C/c1cc2c(cc1[N+](=O)[O-])OCO2)Nc1ccc(Cl)cn1. The van der Waals surface area contributed by atoms with Gasteiger partial charge in [-0.1, -0.05) is 11.6 Å². The molecule has 1 aromatic heterocycles. The van der Waals surface area contributed by atoms with Gasteiger partial charge in [0.15, 0.2) is 11.5 Å². The van der Waals surface area contributed by atoms with E-state index in [-0.39, 0.29) is 18.0 Å². The molecule has 1 aromatic carbocycles. The van der Waals surface area contributed by atoms with Crippen LogP contribution in [0.1, 0.15) is 5.56 Å². The van der Waals surface area contributed by atoms with E-state index in [1.807, 2.05) is 0 Å². The predicted octanol–water partition coefficient (Wildman–Crippen LogP) is 3.02. The Hall–Kier alpha value is -3.13. The number of ether oxygens (including phenoxy) is 2. The molecule has 8 nitrogen and oxygen atoms in total. The van der Waals surface area contributed by atoms with E-state index < -0.39 is 10.8 Å². The highest BCUT2D eigenvalue weighted by atomic mass is 35.5. The van der Waals surface area contributed by atoms with Crippen molar-refractivity contribution in [1.29, 1.82) is 0 Å². The van der Waals surface area contributed by atoms with Crippen LogP contribution in [0.2, 0.25) is 5.02 Å². The Morgan fingerprint density at radius 3 is 2.75 bits per heavy atom. The van der Waals surface area contributed by atoms with E-state index in [9.17, 15) is 14.9 Å². The van der Waals surface area contributed by atoms with Gasteiger partial charge in [0.1, 0.15) is 5.82 Å². The fourth-order valence-electron chi connectivity index (χ4n) is 2.02. The van der Waals surface area contributed by atoms with Crippen LogP contribution in [0.4, 0.5) is 11.5 Å². The number of benzene rings is 1. The largest absolute Gasteiger partial charge is 0.454 e. The van der Waals surface area contributed by atoms with Crippen molar-refractivity contribution >= 4 is 35.1 Å². The molecular formula is C15H10ClN3O5. The Labute approximate surface area is 140 Å². The zero-order chi connectivity index (χ0) is 17.1.